The molecule has 0 heterocycles. The summed E-state index contributed by atoms with van der Waals surface area (Å²) in [5.74, 6) is 0.525. The second-order valence-electron chi connectivity index (χ2n) is 3.23. The molecule has 1 aromatic carbocycles. The SMILES string of the molecule is Cc1ccc(COC(CCl)CBr)cc1. The molecule has 0 bridgehead atoms. The van der Waals surface area contributed by atoms with Gasteiger partial charge >= 0.3 is 0 Å². The van der Waals surface area contributed by atoms with Crippen molar-refractivity contribution in [1.29, 1.82) is 0 Å². The Balaban J connectivity index is 2.41. The van der Waals surface area contributed by atoms with E-state index in [0.29, 0.717) is 12.5 Å². The Hall–Kier alpha value is -0.0500. The van der Waals surface area contributed by atoms with Crippen molar-refractivity contribution in [2.75, 3.05) is 11.2 Å². The van der Waals surface area contributed by atoms with Crippen LogP contribution in [-0.2, 0) is 11.3 Å². The van der Waals surface area contributed by atoms with E-state index >= 15 is 0 Å². The first kappa shape index (κ1) is 12.0. The molecule has 0 aliphatic carbocycles. The topological polar surface area (TPSA) is 9.23 Å². The van der Waals surface area contributed by atoms with E-state index in [2.05, 4.69) is 47.1 Å². The summed E-state index contributed by atoms with van der Waals surface area (Å²) in [4.78, 5) is 0. The maximum Gasteiger partial charge on any atom is 0.0811 e. The number of benzene rings is 1. The van der Waals surface area contributed by atoms with Gasteiger partial charge in [0.2, 0.25) is 0 Å². The first-order chi connectivity index (χ1) is 6.76. The average Bonchev–Trinajstić information content (AvgIpc) is 2.22. The Morgan fingerprint density at radius 2 is 2.00 bits per heavy atom. The van der Waals surface area contributed by atoms with Crippen molar-refractivity contribution < 1.29 is 4.74 Å². The van der Waals surface area contributed by atoms with E-state index in [9.17, 15) is 0 Å². The van der Waals surface area contributed by atoms with Gasteiger partial charge in [-0.15, -0.1) is 11.6 Å². The zero-order valence-electron chi connectivity index (χ0n) is 8.17. The fraction of sp³-hybridized carbons (Fsp3) is 0.455. The van der Waals surface area contributed by atoms with Gasteiger partial charge in [-0.1, -0.05) is 45.8 Å². The second kappa shape index (κ2) is 6.44. The molecular formula is C11H14BrClO. The molecule has 1 atom stereocenters. The highest BCUT2D eigenvalue weighted by molar-refractivity contribution is 9.09. The molecule has 0 aliphatic heterocycles. The van der Waals surface area contributed by atoms with Gasteiger partial charge in [-0.05, 0) is 12.5 Å². The highest BCUT2D eigenvalue weighted by Gasteiger charge is 2.05. The number of ether oxygens (including phenoxy) is 1. The molecule has 14 heavy (non-hydrogen) atoms. The maximum absolute atomic E-state index is 5.70. The molecule has 0 saturated carbocycles. The molecule has 0 aromatic heterocycles. The molecule has 0 fully saturated rings. The Bertz CT molecular complexity index is 256. The van der Waals surface area contributed by atoms with Crippen molar-refractivity contribution in [3.8, 4) is 0 Å². The fourth-order valence-electron chi connectivity index (χ4n) is 1.03. The molecule has 0 amide bonds. The van der Waals surface area contributed by atoms with Crippen molar-refractivity contribution >= 4 is 27.5 Å². The van der Waals surface area contributed by atoms with E-state index in [1.165, 1.54) is 11.1 Å². The fourth-order valence-corrected chi connectivity index (χ4v) is 1.91. The third-order valence-electron chi connectivity index (χ3n) is 1.95. The van der Waals surface area contributed by atoms with Crippen LogP contribution in [0.1, 0.15) is 11.1 Å². The highest BCUT2D eigenvalue weighted by atomic mass is 79.9. The van der Waals surface area contributed by atoms with Gasteiger partial charge in [-0.3, -0.25) is 0 Å². The van der Waals surface area contributed by atoms with E-state index in [4.69, 9.17) is 16.3 Å². The van der Waals surface area contributed by atoms with Gasteiger partial charge in [0.15, 0.2) is 0 Å². The summed E-state index contributed by atoms with van der Waals surface area (Å²) in [6, 6.07) is 8.33. The zero-order chi connectivity index (χ0) is 10.4. The lowest BCUT2D eigenvalue weighted by Crippen LogP contribution is -2.16. The van der Waals surface area contributed by atoms with Crippen molar-refractivity contribution in [1.82, 2.24) is 0 Å². The van der Waals surface area contributed by atoms with Gasteiger partial charge in [0, 0.05) is 11.2 Å². The molecule has 78 valence electrons. The third-order valence-corrected chi connectivity index (χ3v) is 3.02. The summed E-state index contributed by atoms with van der Waals surface area (Å²) < 4.78 is 5.59. The molecule has 0 spiro atoms. The van der Waals surface area contributed by atoms with Gasteiger partial charge in [0.05, 0.1) is 12.7 Å². The molecule has 0 saturated heterocycles. The van der Waals surface area contributed by atoms with Crippen LogP contribution >= 0.6 is 27.5 Å². The predicted molar refractivity (Wildman–Crippen MR) is 64.3 cm³/mol. The lowest BCUT2D eigenvalue weighted by Gasteiger charge is -2.11. The monoisotopic (exact) mass is 276 g/mol. The number of halogens is 2. The normalized spacial score (nSPS) is 12.8. The van der Waals surface area contributed by atoms with Crippen LogP contribution in [-0.4, -0.2) is 17.3 Å². The minimum Gasteiger partial charge on any atom is -0.371 e. The molecule has 1 aromatic rings. The first-order valence-electron chi connectivity index (χ1n) is 4.55. The summed E-state index contributed by atoms with van der Waals surface area (Å²) in [5, 5.41) is 0.780. The Morgan fingerprint density at radius 1 is 1.36 bits per heavy atom. The summed E-state index contributed by atoms with van der Waals surface area (Å²) in [5.41, 5.74) is 2.45. The van der Waals surface area contributed by atoms with Crippen molar-refractivity contribution in [2.45, 2.75) is 19.6 Å². The van der Waals surface area contributed by atoms with E-state index in [0.717, 1.165) is 5.33 Å². The standard InChI is InChI=1S/C11H14BrClO/c1-9-2-4-10(5-3-9)8-14-11(6-12)7-13/h2-5,11H,6-8H2,1H3. The van der Waals surface area contributed by atoms with E-state index in [1.807, 2.05) is 0 Å². The van der Waals surface area contributed by atoms with Crippen LogP contribution in [0.25, 0.3) is 0 Å². The Kier molecular flexibility index (Phi) is 5.53. The van der Waals surface area contributed by atoms with E-state index < -0.39 is 0 Å². The smallest absolute Gasteiger partial charge is 0.0811 e. The van der Waals surface area contributed by atoms with Crippen LogP contribution < -0.4 is 0 Å². The molecule has 0 aliphatic rings. The largest absolute Gasteiger partial charge is 0.371 e. The lowest BCUT2D eigenvalue weighted by atomic mass is 10.2. The molecule has 1 unspecified atom stereocenters. The molecule has 0 radical (unpaired) electrons. The maximum atomic E-state index is 5.70. The predicted octanol–water partition coefficient (Wildman–Crippen LogP) is 3.51. The lowest BCUT2D eigenvalue weighted by molar-refractivity contribution is 0.0717. The van der Waals surface area contributed by atoms with Crippen LogP contribution in [0.15, 0.2) is 24.3 Å². The van der Waals surface area contributed by atoms with Gasteiger partial charge in [-0.2, -0.15) is 0 Å². The van der Waals surface area contributed by atoms with E-state index in [1.54, 1.807) is 0 Å². The minimum atomic E-state index is 0.0953. The van der Waals surface area contributed by atoms with E-state index in [-0.39, 0.29) is 6.10 Å². The number of rotatable bonds is 5. The van der Waals surface area contributed by atoms with Gasteiger partial charge in [0.1, 0.15) is 0 Å². The Labute approximate surface area is 98.5 Å². The quantitative estimate of drug-likeness (QED) is 0.748. The Morgan fingerprint density at radius 3 is 2.50 bits per heavy atom. The van der Waals surface area contributed by atoms with Gasteiger partial charge < -0.3 is 4.74 Å². The molecule has 3 heteroatoms. The van der Waals surface area contributed by atoms with Gasteiger partial charge in [0.25, 0.3) is 0 Å². The van der Waals surface area contributed by atoms with Crippen molar-refractivity contribution in [3.05, 3.63) is 35.4 Å². The third kappa shape index (κ3) is 3.99. The minimum absolute atomic E-state index is 0.0953. The first-order valence-corrected chi connectivity index (χ1v) is 6.21. The van der Waals surface area contributed by atoms with Crippen molar-refractivity contribution in [2.24, 2.45) is 0 Å². The number of aryl methyl sites for hydroxylation is 1. The number of alkyl halides is 2. The number of hydrogen-bond acceptors (Lipinski definition) is 1. The van der Waals surface area contributed by atoms with Crippen LogP contribution in [0.3, 0.4) is 0 Å². The van der Waals surface area contributed by atoms with Crippen molar-refractivity contribution in [3.63, 3.8) is 0 Å². The summed E-state index contributed by atoms with van der Waals surface area (Å²) >= 11 is 9.06. The van der Waals surface area contributed by atoms with Crippen LogP contribution in [0.5, 0.6) is 0 Å². The number of hydrogen-bond donors (Lipinski definition) is 0. The van der Waals surface area contributed by atoms with Crippen LogP contribution in [0.4, 0.5) is 0 Å². The molecule has 1 nitrogen and oxygen atoms in total. The second-order valence-corrected chi connectivity index (χ2v) is 4.18. The summed E-state index contributed by atoms with van der Waals surface area (Å²) in [6.07, 6.45) is 0.0953. The van der Waals surface area contributed by atoms with Crippen LogP contribution in [0, 0.1) is 6.92 Å². The van der Waals surface area contributed by atoms with Crippen LogP contribution in [0.2, 0.25) is 0 Å². The van der Waals surface area contributed by atoms with Gasteiger partial charge in [-0.25, -0.2) is 0 Å². The highest BCUT2D eigenvalue weighted by Crippen LogP contribution is 2.08. The molecule has 1 rings (SSSR count). The zero-order valence-corrected chi connectivity index (χ0v) is 10.5. The molecular weight excluding hydrogens is 263 g/mol. The molecule has 0 N–H and O–H groups in total. The summed E-state index contributed by atoms with van der Waals surface area (Å²) in [6.45, 7) is 2.70. The average molecular weight is 278 g/mol. The summed E-state index contributed by atoms with van der Waals surface area (Å²) in [7, 11) is 0.